The first-order valence-electron chi connectivity index (χ1n) is 6.81. The number of rotatable bonds is 2. The highest BCUT2D eigenvalue weighted by atomic mass is 35.5. The van der Waals surface area contributed by atoms with Gasteiger partial charge in [0.15, 0.2) is 5.76 Å². The Morgan fingerprint density at radius 3 is 3.10 bits per heavy atom. The minimum Gasteiger partial charge on any atom is -0.451 e. The molecule has 20 heavy (non-hydrogen) atoms. The highest BCUT2D eigenvalue weighted by Crippen LogP contribution is 2.30. The molecular weight excluding hydrogens is 276 g/mol. The lowest BCUT2D eigenvalue weighted by atomic mass is 10.1. The van der Waals surface area contributed by atoms with Gasteiger partial charge in [-0.15, -0.1) is 0 Å². The molecule has 0 radical (unpaired) electrons. The summed E-state index contributed by atoms with van der Waals surface area (Å²) < 4.78 is 5.73. The van der Waals surface area contributed by atoms with Gasteiger partial charge < -0.3 is 15.1 Å². The van der Waals surface area contributed by atoms with Gasteiger partial charge in [-0.1, -0.05) is 11.6 Å². The van der Waals surface area contributed by atoms with Crippen LogP contribution in [0.3, 0.4) is 0 Å². The number of nitrogens with two attached hydrogens (primary N) is 1. The molecule has 1 atom stereocenters. The zero-order valence-electron chi connectivity index (χ0n) is 11.4. The van der Waals surface area contributed by atoms with Crippen molar-refractivity contribution in [2.24, 2.45) is 5.73 Å². The van der Waals surface area contributed by atoms with Gasteiger partial charge in [0, 0.05) is 35.1 Å². The Morgan fingerprint density at radius 1 is 1.55 bits per heavy atom. The van der Waals surface area contributed by atoms with Crippen LogP contribution in [0.4, 0.5) is 0 Å². The number of benzene rings is 1. The maximum atomic E-state index is 12.6. The smallest absolute Gasteiger partial charge is 0.290 e. The van der Waals surface area contributed by atoms with Crippen molar-refractivity contribution in [3.05, 3.63) is 34.5 Å². The highest BCUT2D eigenvalue weighted by Gasteiger charge is 2.31. The van der Waals surface area contributed by atoms with Crippen LogP contribution in [-0.4, -0.2) is 29.9 Å². The van der Waals surface area contributed by atoms with Crippen molar-refractivity contribution >= 4 is 28.5 Å². The third-order valence-corrected chi connectivity index (χ3v) is 4.24. The largest absolute Gasteiger partial charge is 0.451 e. The fourth-order valence-electron chi connectivity index (χ4n) is 2.88. The fourth-order valence-corrected chi connectivity index (χ4v) is 3.05. The molecule has 2 N–H and O–H groups in total. The number of fused-ring (bicyclic) bond motifs is 1. The number of furan rings is 1. The summed E-state index contributed by atoms with van der Waals surface area (Å²) in [7, 11) is 0. The molecule has 106 valence electrons. The van der Waals surface area contributed by atoms with Gasteiger partial charge in [-0.25, -0.2) is 0 Å². The molecule has 1 aliphatic heterocycles. The minimum atomic E-state index is -0.0669. The van der Waals surface area contributed by atoms with Gasteiger partial charge in [-0.2, -0.15) is 0 Å². The standard InChI is InChI=1S/C15H17ClN2O2/c1-9-12-7-10(16)4-5-13(12)20-14(9)15(19)18-6-2-3-11(18)8-17/h4-5,7,11H,2-3,6,8,17H2,1H3/t11-/m0/s1. The fraction of sp³-hybridized carbons (Fsp3) is 0.400. The number of aryl methyl sites for hydroxylation is 1. The third kappa shape index (κ3) is 2.09. The zero-order valence-corrected chi connectivity index (χ0v) is 12.1. The van der Waals surface area contributed by atoms with Crippen LogP contribution in [-0.2, 0) is 0 Å². The van der Waals surface area contributed by atoms with E-state index < -0.39 is 0 Å². The molecule has 1 saturated heterocycles. The maximum absolute atomic E-state index is 12.6. The number of carbonyl (C=O) groups is 1. The van der Waals surface area contributed by atoms with Gasteiger partial charge in [-0.05, 0) is 38.0 Å². The van der Waals surface area contributed by atoms with Gasteiger partial charge >= 0.3 is 0 Å². The first-order valence-corrected chi connectivity index (χ1v) is 7.19. The number of amides is 1. The van der Waals surface area contributed by atoms with Crippen LogP contribution in [0.15, 0.2) is 22.6 Å². The normalized spacial score (nSPS) is 18.9. The summed E-state index contributed by atoms with van der Waals surface area (Å²) in [5.41, 5.74) is 7.27. The number of carbonyl (C=O) groups excluding carboxylic acids is 1. The van der Waals surface area contributed by atoms with Crippen molar-refractivity contribution in [2.45, 2.75) is 25.8 Å². The molecule has 0 unspecified atom stereocenters. The second kappa shape index (κ2) is 5.11. The topological polar surface area (TPSA) is 59.5 Å². The lowest BCUT2D eigenvalue weighted by Gasteiger charge is -2.22. The van der Waals surface area contributed by atoms with Crippen LogP contribution in [0.5, 0.6) is 0 Å². The number of nitrogens with zero attached hydrogens (tertiary/aromatic N) is 1. The average Bonchev–Trinajstić information content (AvgIpc) is 3.03. The van der Waals surface area contributed by atoms with Crippen LogP contribution < -0.4 is 5.73 Å². The zero-order chi connectivity index (χ0) is 14.3. The van der Waals surface area contributed by atoms with E-state index in [4.69, 9.17) is 21.8 Å². The Hall–Kier alpha value is -1.52. The molecule has 0 aliphatic carbocycles. The molecule has 4 nitrogen and oxygen atoms in total. The molecule has 0 saturated carbocycles. The van der Waals surface area contributed by atoms with Crippen molar-refractivity contribution in [2.75, 3.05) is 13.1 Å². The molecule has 0 bridgehead atoms. The molecule has 5 heteroatoms. The van der Waals surface area contributed by atoms with Gasteiger partial charge in [-0.3, -0.25) is 4.79 Å². The van der Waals surface area contributed by atoms with E-state index in [9.17, 15) is 4.79 Å². The van der Waals surface area contributed by atoms with Gasteiger partial charge in [0.05, 0.1) is 0 Å². The van der Waals surface area contributed by atoms with E-state index in [0.29, 0.717) is 22.9 Å². The summed E-state index contributed by atoms with van der Waals surface area (Å²) in [4.78, 5) is 14.5. The Morgan fingerprint density at radius 2 is 2.35 bits per heavy atom. The number of likely N-dealkylation sites (tertiary alicyclic amines) is 1. The summed E-state index contributed by atoms with van der Waals surface area (Å²) in [5.74, 6) is 0.338. The van der Waals surface area contributed by atoms with Crippen molar-refractivity contribution in [1.29, 1.82) is 0 Å². The van der Waals surface area contributed by atoms with Crippen LogP contribution in [0.1, 0.15) is 29.0 Å². The highest BCUT2D eigenvalue weighted by molar-refractivity contribution is 6.31. The molecule has 0 spiro atoms. The van der Waals surface area contributed by atoms with Crippen LogP contribution in [0, 0.1) is 6.92 Å². The molecule has 2 aromatic rings. The molecule has 1 amide bonds. The van der Waals surface area contributed by atoms with E-state index >= 15 is 0 Å². The Bertz CT molecular complexity index is 665. The first kappa shape index (κ1) is 13.5. The number of halogens is 1. The van der Waals surface area contributed by atoms with E-state index in [1.807, 2.05) is 17.9 Å². The molecule has 3 rings (SSSR count). The molecule has 1 aromatic carbocycles. The van der Waals surface area contributed by atoms with E-state index in [0.717, 1.165) is 30.3 Å². The van der Waals surface area contributed by atoms with Crippen LogP contribution >= 0.6 is 11.6 Å². The quantitative estimate of drug-likeness (QED) is 0.926. The van der Waals surface area contributed by atoms with Crippen molar-refractivity contribution in [3.63, 3.8) is 0 Å². The molecular formula is C15H17ClN2O2. The second-order valence-corrected chi connectivity index (χ2v) is 5.66. The van der Waals surface area contributed by atoms with Gasteiger partial charge in [0.25, 0.3) is 5.91 Å². The van der Waals surface area contributed by atoms with E-state index in [-0.39, 0.29) is 11.9 Å². The minimum absolute atomic E-state index is 0.0669. The SMILES string of the molecule is Cc1c(C(=O)N2CCC[C@H]2CN)oc2ccc(Cl)cc12. The summed E-state index contributed by atoms with van der Waals surface area (Å²) in [5, 5.41) is 1.53. The first-order chi connectivity index (χ1) is 9.61. The molecule has 2 heterocycles. The average molecular weight is 293 g/mol. The molecule has 1 aliphatic rings. The van der Waals surface area contributed by atoms with Gasteiger partial charge in [0.1, 0.15) is 5.58 Å². The summed E-state index contributed by atoms with van der Waals surface area (Å²) in [6.45, 7) is 3.14. The van der Waals surface area contributed by atoms with Crippen LogP contribution in [0.25, 0.3) is 11.0 Å². The Balaban J connectivity index is 2.01. The summed E-state index contributed by atoms with van der Waals surface area (Å²) in [6, 6.07) is 5.52. The summed E-state index contributed by atoms with van der Waals surface area (Å²) >= 11 is 6.00. The number of hydrogen-bond donors (Lipinski definition) is 1. The van der Waals surface area contributed by atoms with E-state index in [1.165, 1.54) is 0 Å². The van der Waals surface area contributed by atoms with Crippen molar-refractivity contribution in [3.8, 4) is 0 Å². The number of hydrogen-bond acceptors (Lipinski definition) is 3. The Kier molecular flexibility index (Phi) is 3.44. The summed E-state index contributed by atoms with van der Waals surface area (Å²) in [6.07, 6.45) is 1.96. The van der Waals surface area contributed by atoms with E-state index in [2.05, 4.69) is 0 Å². The lowest BCUT2D eigenvalue weighted by molar-refractivity contribution is 0.0710. The molecule has 1 aromatic heterocycles. The van der Waals surface area contributed by atoms with Crippen molar-refractivity contribution < 1.29 is 9.21 Å². The Labute approximate surface area is 122 Å². The third-order valence-electron chi connectivity index (χ3n) is 4.00. The van der Waals surface area contributed by atoms with Gasteiger partial charge in [0.2, 0.25) is 0 Å². The van der Waals surface area contributed by atoms with Crippen molar-refractivity contribution in [1.82, 2.24) is 4.90 Å². The predicted molar refractivity (Wildman–Crippen MR) is 79.1 cm³/mol. The second-order valence-electron chi connectivity index (χ2n) is 5.23. The predicted octanol–water partition coefficient (Wildman–Crippen LogP) is 2.96. The monoisotopic (exact) mass is 292 g/mol. The lowest BCUT2D eigenvalue weighted by Crippen LogP contribution is -2.40. The molecule has 1 fully saturated rings. The maximum Gasteiger partial charge on any atom is 0.290 e. The van der Waals surface area contributed by atoms with Crippen LogP contribution in [0.2, 0.25) is 5.02 Å². The van der Waals surface area contributed by atoms with E-state index in [1.54, 1.807) is 12.1 Å².